The lowest BCUT2D eigenvalue weighted by atomic mass is 9.92. The predicted octanol–water partition coefficient (Wildman–Crippen LogP) is 0.240. The quantitative estimate of drug-likeness (QED) is 0.0309. The maximum Gasteiger partial charge on any atom is 0.472 e. The van der Waals surface area contributed by atoms with Crippen molar-refractivity contribution in [1.29, 1.82) is 0 Å². The molecule has 59 heavy (non-hydrogen) atoms. The number of rotatable bonds is 34. The zero-order valence-electron chi connectivity index (χ0n) is 34.1. The summed E-state index contributed by atoms with van der Waals surface area (Å²) in [6.07, 6.45) is -3.05. The van der Waals surface area contributed by atoms with Crippen LogP contribution in [-0.4, -0.2) is 181 Å². The average Bonchev–Trinajstić information content (AvgIpc) is 3.19. The average molecular weight is 902 g/mol. The third-order valence-electron chi connectivity index (χ3n) is 9.34. The van der Waals surface area contributed by atoms with Crippen LogP contribution in [0.1, 0.15) is 78.1 Å². The summed E-state index contributed by atoms with van der Waals surface area (Å²) in [5.74, 6) is -0.904. The second kappa shape index (κ2) is 30.3. The molecule has 22 nitrogen and oxygen atoms in total. The lowest BCUT2D eigenvalue weighted by molar-refractivity contribution is -0.282. The van der Waals surface area contributed by atoms with Gasteiger partial charge in [-0.1, -0.05) is 32.6 Å². The standard InChI is InChI=1S/C35H69NO21P2/c1-25-30(40)31(41)27(23-37)56-34(25)50-15-7-3-5-9-17-52-58(44,45)54-19-11-13-48-21-22-49-14-12-20-55-59(46,47)53-18-10-6-4-8-16-51-35-29(36-26(2)39)33(43)32(42)28(24-38)57-35/h25,27-35,37-38,40-43H,3-24H2,1-2H3,(H,36,39)(H,44,45)(H,46,47)/t25?,27?,28?,29?,30-,31+,32+,33-,34-,35-/m1/s1. The molecule has 1 amide bonds. The van der Waals surface area contributed by atoms with Gasteiger partial charge in [0.2, 0.25) is 5.91 Å². The zero-order valence-corrected chi connectivity index (χ0v) is 35.9. The fourth-order valence-corrected chi connectivity index (χ4v) is 7.56. The Morgan fingerprint density at radius 3 is 1.37 bits per heavy atom. The lowest BCUT2D eigenvalue weighted by Crippen LogP contribution is -2.64. The first-order valence-electron chi connectivity index (χ1n) is 20.3. The Morgan fingerprint density at radius 2 is 0.932 bits per heavy atom. The summed E-state index contributed by atoms with van der Waals surface area (Å²) in [4.78, 5) is 31.2. The van der Waals surface area contributed by atoms with Gasteiger partial charge in [-0.2, -0.15) is 0 Å². The van der Waals surface area contributed by atoms with Crippen molar-refractivity contribution in [3.63, 3.8) is 0 Å². The van der Waals surface area contributed by atoms with Crippen LogP contribution in [0.25, 0.3) is 0 Å². The zero-order chi connectivity index (χ0) is 43.7. The van der Waals surface area contributed by atoms with E-state index in [0.29, 0.717) is 64.4 Å². The Morgan fingerprint density at radius 1 is 0.542 bits per heavy atom. The minimum Gasteiger partial charge on any atom is -0.394 e. The summed E-state index contributed by atoms with van der Waals surface area (Å²) in [6, 6.07) is -1.01. The van der Waals surface area contributed by atoms with E-state index in [1.54, 1.807) is 6.92 Å². The Kier molecular flexibility index (Phi) is 27.9. The molecule has 2 rings (SSSR count). The van der Waals surface area contributed by atoms with E-state index in [-0.39, 0.29) is 59.5 Å². The Hall–Kier alpha value is -0.790. The smallest absolute Gasteiger partial charge is 0.394 e. The number of nitrogens with one attached hydrogen (secondary N) is 1. The first-order valence-corrected chi connectivity index (χ1v) is 23.3. The van der Waals surface area contributed by atoms with Crippen molar-refractivity contribution in [2.45, 2.75) is 133 Å². The van der Waals surface area contributed by atoms with E-state index in [1.807, 2.05) is 0 Å². The monoisotopic (exact) mass is 901 g/mol. The van der Waals surface area contributed by atoms with E-state index in [4.69, 9.17) is 46.5 Å². The van der Waals surface area contributed by atoms with Crippen molar-refractivity contribution >= 4 is 21.6 Å². The van der Waals surface area contributed by atoms with Crippen molar-refractivity contribution < 1.29 is 101 Å². The second-order valence-electron chi connectivity index (χ2n) is 14.3. The van der Waals surface area contributed by atoms with E-state index in [0.717, 1.165) is 6.42 Å². The Labute approximate surface area is 345 Å². The van der Waals surface area contributed by atoms with E-state index >= 15 is 0 Å². The van der Waals surface area contributed by atoms with Gasteiger partial charge in [0, 0.05) is 39.3 Å². The minimum absolute atomic E-state index is 0.000439. The van der Waals surface area contributed by atoms with Gasteiger partial charge < -0.3 is 74.2 Å². The van der Waals surface area contributed by atoms with Crippen molar-refractivity contribution in [2.75, 3.05) is 79.3 Å². The van der Waals surface area contributed by atoms with Crippen LogP contribution in [0.2, 0.25) is 0 Å². The van der Waals surface area contributed by atoms with Crippen LogP contribution >= 0.6 is 15.6 Å². The molecule has 2 saturated heterocycles. The highest BCUT2D eigenvalue weighted by atomic mass is 31.2. The SMILES string of the molecule is CC(=O)NC1[C@H](OCCCCCCOP(=O)(O)OCCCOCCOCCCOP(=O)(O)OCCCCCCO[C@@H]2OC(CO)[C@H](O)[C@H](O)C2C)OC(CO)[C@H](O)[C@@H]1O. The van der Waals surface area contributed by atoms with Crippen LogP contribution in [0.5, 0.6) is 0 Å². The van der Waals surface area contributed by atoms with Crippen molar-refractivity contribution in [2.24, 2.45) is 5.92 Å². The lowest BCUT2D eigenvalue weighted by Gasteiger charge is -2.42. The predicted molar refractivity (Wildman–Crippen MR) is 205 cm³/mol. The van der Waals surface area contributed by atoms with Crippen LogP contribution in [-0.2, 0) is 60.4 Å². The van der Waals surface area contributed by atoms with Gasteiger partial charge in [-0.3, -0.25) is 22.9 Å². The molecule has 24 heteroatoms. The number of ether oxygens (including phenoxy) is 6. The van der Waals surface area contributed by atoms with Crippen LogP contribution in [0, 0.1) is 5.92 Å². The van der Waals surface area contributed by atoms with Gasteiger partial charge in [-0.25, -0.2) is 9.13 Å². The molecule has 350 valence electrons. The fourth-order valence-electron chi connectivity index (χ4n) is 5.98. The summed E-state index contributed by atoms with van der Waals surface area (Å²) >= 11 is 0. The van der Waals surface area contributed by atoms with Gasteiger partial charge in [0.25, 0.3) is 0 Å². The van der Waals surface area contributed by atoms with E-state index in [9.17, 15) is 54.4 Å². The number of carbonyl (C=O) groups is 1. The molecule has 6 unspecified atom stereocenters. The summed E-state index contributed by atoms with van der Waals surface area (Å²) in [7, 11) is -8.42. The van der Waals surface area contributed by atoms with E-state index in [2.05, 4.69) is 5.32 Å². The van der Waals surface area contributed by atoms with Crippen LogP contribution in [0.15, 0.2) is 0 Å². The fraction of sp³-hybridized carbons (Fsp3) is 0.971. The molecule has 2 fully saturated rings. The number of carbonyl (C=O) groups excluding carboxylic acids is 1. The van der Waals surface area contributed by atoms with Gasteiger partial charge in [-0.05, 0) is 38.5 Å². The molecule has 0 aromatic carbocycles. The van der Waals surface area contributed by atoms with Gasteiger partial charge in [0.15, 0.2) is 12.6 Å². The number of phosphoric acid groups is 2. The third kappa shape index (κ3) is 22.4. The number of hydrogen-bond acceptors (Lipinski definition) is 19. The van der Waals surface area contributed by atoms with Crippen LogP contribution < -0.4 is 5.32 Å². The second-order valence-corrected chi connectivity index (χ2v) is 17.2. The Bertz CT molecular complexity index is 1210. The molecule has 0 saturated carbocycles. The van der Waals surface area contributed by atoms with Gasteiger partial charge in [-0.15, -0.1) is 0 Å². The number of aliphatic hydroxyl groups excluding tert-OH is 6. The molecule has 9 N–H and O–H groups in total. The maximum atomic E-state index is 12.1. The van der Waals surface area contributed by atoms with Crippen LogP contribution in [0.4, 0.5) is 0 Å². The van der Waals surface area contributed by atoms with Gasteiger partial charge in [0.05, 0.1) is 59.0 Å². The molecule has 2 heterocycles. The summed E-state index contributed by atoms with van der Waals surface area (Å²) < 4.78 is 77.2. The van der Waals surface area contributed by atoms with Crippen LogP contribution in [0.3, 0.4) is 0 Å². The largest absolute Gasteiger partial charge is 0.472 e. The number of unbranched alkanes of at least 4 members (excludes halogenated alkanes) is 6. The number of phosphoric ester groups is 2. The van der Waals surface area contributed by atoms with Crippen molar-refractivity contribution in [1.82, 2.24) is 5.32 Å². The molecule has 0 aromatic heterocycles. The Balaban J connectivity index is 1.36. The molecule has 0 aromatic rings. The van der Waals surface area contributed by atoms with Crippen molar-refractivity contribution in [3.8, 4) is 0 Å². The summed E-state index contributed by atoms with van der Waals surface area (Å²) in [5, 5.41) is 61.5. The molecule has 0 aliphatic carbocycles. The van der Waals surface area contributed by atoms with Gasteiger partial charge in [0.1, 0.15) is 36.6 Å². The molecule has 0 bridgehead atoms. The topological polar surface area (TPSA) is 317 Å². The van der Waals surface area contributed by atoms with E-state index in [1.165, 1.54) is 6.92 Å². The highest BCUT2D eigenvalue weighted by molar-refractivity contribution is 7.47. The minimum atomic E-state index is -4.23. The number of aliphatic hydroxyl groups is 6. The highest BCUT2D eigenvalue weighted by Gasteiger charge is 2.45. The highest BCUT2D eigenvalue weighted by Crippen LogP contribution is 2.44. The maximum absolute atomic E-state index is 12.1. The van der Waals surface area contributed by atoms with Gasteiger partial charge >= 0.3 is 15.6 Å². The third-order valence-corrected chi connectivity index (χ3v) is 11.4. The number of amides is 1. The normalized spacial score (nSPS) is 29.5. The summed E-state index contributed by atoms with van der Waals surface area (Å²) in [6.45, 7) is 3.50. The first-order chi connectivity index (χ1) is 28.1. The molecular formula is C35H69NO21P2. The van der Waals surface area contributed by atoms with Crippen molar-refractivity contribution in [3.05, 3.63) is 0 Å². The molecule has 0 spiro atoms. The molecule has 0 radical (unpaired) electrons. The number of hydrogen-bond donors (Lipinski definition) is 9. The molecule has 12 atom stereocenters. The molecule has 2 aliphatic heterocycles. The molecular weight excluding hydrogens is 832 g/mol. The molecule has 2 aliphatic rings. The summed E-state index contributed by atoms with van der Waals surface area (Å²) in [5.41, 5.74) is 0. The first kappa shape index (κ1) is 54.3. The van der Waals surface area contributed by atoms with E-state index < -0.39 is 95.9 Å².